The number of sulfonamides is 1. The van der Waals surface area contributed by atoms with Crippen molar-refractivity contribution in [3.05, 3.63) is 51.9 Å². The van der Waals surface area contributed by atoms with Crippen molar-refractivity contribution in [3.63, 3.8) is 0 Å². The molecule has 0 aliphatic carbocycles. The normalized spacial score (nSPS) is 11.4. The van der Waals surface area contributed by atoms with Crippen molar-refractivity contribution in [2.45, 2.75) is 18.4 Å². The molecule has 106 valence electrons. The van der Waals surface area contributed by atoms with Crippen LogP contribution < -0.4 is 4.72 Å². The van der Waals surface area contributed by atoms with Crippen molar-refractivity contribution in [2.75, 3.05) is 0 Å². The van der Waals surface area contributed by atoms with Crippen LogP contribution in [0.15, 0.2) is 39.8 Å². The van der Waals surface area contributed by atoms with Gasteiger partial charge in [0.05, 0.1) is 22.1 Å². The summed E-state index contributed by atoms with van der Waals surface area (Å²) in [4.78, 5) is 9.84. The minimum atomic E-state index is -3.75. The second-order valence-electron chi connectivity index (χ2n) is 4.01. The Kier molecular flexibility index (Phi) is 3.81. The van der Waals surface area contributed by atoms with E-state index in [0.29, 0.717) is 11.5 Å². The lowest BCUT2D eigenvalue weighted by molar-refractivity contribution is -0.384. The van der Waals surface area contributed by atoms with Crippen LogP contribution >= 0.6 is 0 Å². The van der Waals surface area contributed by atoms with E-state index in [1.165, 1.54) is 12.1 Å². The molecule has 0 fully saturated rings. The molecule has 2 aromatic rings. The molecule has 0 spiro atoms. The third-order valence-corrected chi connectivity index (χ3v) is 3.89. The molecular weight excluding hydrogens is 286 g/mol. The Morgan fingerprint density at radius 1 is 1.35 bits per heavy atom. The molecule has 1 aromatic carbocycles. The maximum Gasteiger partial charge on any atom is 0.269 e. The van der Waals surface area contributed by atoms with Crippen LogP contribution in [0.1, 0.15) is 11.5 Å². The topological polar surface area (TPSA) is 115 Å². The molecule has 0 radical (unpaired) electrons. The summed E-state index contributed by atoms with van der Waals surface area (Å²) in [6.07, 6.45) is 0. The Balaban J connectivity index is 2.11. The van der Waals surface area contributed by atoms with Gasteiger partial charge in [0.2, 0.25) is 10.0 Å². The first-order chi connectivity index (χ1) is 9.38. The molecule has 0 bridgehead atoms. The van der Waals surface area contributed by atoms with Gasteiger partial charge in [-0.15, -0.1) is 0 Å². The first kappa shape index (κ1) is 14.2. The van der Waals surface area contributed by atoms with Gasteiger partial charge in [-0.05, 0) is 19.1 Å². The molecule has 0 saturated heterocycles. The first-order valence-corrected chi connectivity index (χ1v) is 7.03. The third kappa shape index (κ3) is 3.19. The maximum absolute atomic E-state index is 12.0. The van der Waals surface area contributed by atoms with E-state index >= 15 is 0 Å². The van der Waals surface area contributed by atoms with Gasteiger partial charge in [-0.3, -0.25) is 10.1 Å². The fourth-order valence-electron chi connectivity index (χ4n) is 1.50. The molecule has 20 heavy (non-hydrogen) atoms. The van der Waals surface area contributed by atoms with Gasteiger partial charge in [-0.2, -0.15) is 0 Å². The lowest BCUT2D eigenvalue weighted by atomic mass is 10.3. The summed E-state index contributed by atoms with van der Waals surface area (Å²) in [5.74, 6) is 0.382. The second-order valence-corrected chi connectivity index (χ2v) is 5.78. The highest BCUT2D eigenvalue weighted by Crippen LogP contribution is 2.16. The van der Waals surface area contributed by atoms with Gasteiger partial charge in [0.15, 0.2) is 5.76 Å². The Labute approximate surface area is 114 Å². The number of nitro benzene ring substituents is 1. The Bertz CT molecular complexity index is 721. The summed E-state index contributed by atoms with van der Waals surface area (Å²) >= 11 is 0. The lowest BCUT2D eigenvalue weighted by Crippen LogP contribution is -2.22. The van der Waals surface area contributed by atoms with E-state index in [1.807, 2.05) is 0 Å². The van der Waals surface area contributed by atoms with E-state index in [9.17, 15) is 18.5 Å². The van der Waals surface area contributed by atoms with E-state index < -0.39 is 14.9 Å². The average molecular weight is 297 g/mol. The summed E-state index contributed by atoms with van der Waals surface area (Å²) in [7, 11) is -3.75. The SMILES string of the molecule is Cc1cc(CNS(=O)(=O)c2ccc([N+](=O)[O-])cc2)on1. The molecule has 0 unspecified atom stereocenters. The molecule has 1 N–H and O–H groups in total. The predicted octanol–water partition coefficient (Wildman–Crippen LogP) is 1.37. The number of aromatic nitrogens is 1. The molecule has 1 heterocycles. The van der Waals surface area contributed by atoms with Crippen LogP contribution in [0, 0.1) is 17.0 Å². The van der Waals surface area contributed by atoms with Crippen molar-refractivity contribution >= 4 is 15.7 Å². The number of benzene rings is 1. The van der Waals surface area contributed by atoms with Crippen LogP contribution in [-0.2, 0) is 16.6 Å². The number of aryl methyl sites for hydroxylation is 1. The number of nitrogens with one attached hydrogen (secondary N) is 1. The summed E-state index contributed by atoms with van der Waals surface area (Å²) in [5, 5.41) is 14.1. The molecule has 0 aliphatic heterocycles. The number of nitro groups is 1. The zero-order valence-corrected chi connectivity index (χ0v) is 11.3. The van der Waals surface area contributed by atoms with E-state index in [4.69, 9.17) is 4.52 Å². The van der Waals surface area contributed by atoms with Gasteiger partial charge in [0.25, 0.3) is 5.69 Å². The fourth-order valence-corrected chi connectivity index (χ4v) is 2.49. The van der Waals surface area contributed by atoms with Crippen molar-refractivity contribution in [1.29, 1.82) is 0 Å². The number of rotatable bonds is 5. The minimum Gasteiger partial charge on any atom is -0.360 e. The standard InChI is InChI=1S/C11H11N3O5S/c1-8-6-10(19-13-8)7-12-20(17,18)11-4-2-9(3-5-11)14(15)16/h2-6,12H,7H2,1H3. The van der Waals surface area contributed by atoms with E-state index in [2.05, 4.69) is 9.88 Å². The van der Waals surface area contributed by atoms with E-state index in [1.54, 1.807) is 13.0 Å². The summed E-state index contributed by atoms with van der Waals surface area (Å²) < 4.78 is 31.1. The van der Waals surface area contributed by atoms with Crippen molar-refractivity contribution in [2.24, 2.45) is 0 Å². The lowest BCUT2D eigenvalue weighted by Gasteiger charge is -2.04. The molecule has 0 atom stereocenters. The second kappa shape index (κ2) is 5.39. The number of nitrogens with zero attached hydrogens (tertiary/aromatic N) is 2. The molecule has 9 heteroatoms. The molecule has 0 aliphatic rings. The van der Waals surface area contributed by atoms with Crippen molar-refractivity contribution in [1.82, 2.24) is 9.88 Å². The van der Waals surface area contributed by atoms with Gasteiger partial charge in [-0.25, -0.2) is 13.1 Å². The molecule has 2 rings (SSSR count). The molecule has 0 amide bonds. The fraction of sp³-hybridized carbons (Fsp3) is 0.182. The summed E-state index contributed by atoms with van der Waals surface area (Å²) in [6.45, 7) is 1.68. The van der Waals surface area contributed by atoms with Crippen LogP contribution in [0.5, 0.6) is 0 Å². The zero-order chi connectivity index (χ0) is 14.8. The van der Waals surface area contributed by atoms with E-state index in [0.717, 1.165) is 12.1 Å². The van der Waals surface area contributed by atoms with Crippen molar-refractivity contribution < 1.29 is 17.9 Å². The molecule has 1 aromatic heterocycles. The summed E-state index contributed by atoms with van der Waals surface area (Å²) in [6, 6.07) is 6.22. The van der Waals surface area contributed by atoms with Gasteiger partial charge in [0, 0.05) is 18.2 Å². The molecule has 0 saturated carbocycles. The van der Waals surface area contributed by atoms with Crippen molar-refractivity contribution in [3.8, 4) is 0 Å². The van der Waals surface area contributed by atoms with Gasteiger partial charge in [-0.1, -0.05) is 5.16 Å². The largest absolute Gasteiger partial charge is 0.360 e. The Hall–Kier alpha value is -2.26. The smallest absolute Gasteiger partial charge is 0.269 e. The number of hydrogen-bond acceptors (Lipinski definition) is 6. The highest BCUT2D eigenvalue weighted by molar-refractivity contribution is 7.89. The average Bonchev–Trinajstić information content (AvgIpc) is 2.82. The van der Waals surface area contributed by atoms with Gasteiger partial charge in [0.1, 0.15) is 0 Å². The van der Waals surface area contributed by atoms with Crippen LogP contribution in [0.4, 0.5) is 5.69 Å². The van der Waals surface area contributed by atoms with Crippen LogP contribution in [0.25, 0.3) is 0 Å². The monoisotopic (exact) mass is 297 g/mol. The predicted molar refractivity (Wildman–Crippen MR) is 68.4 cm³/mol. The number of non-ortho nitro benzene ring substituents is 1. The molecular formula is C11H11N3O5S. The van der Waals surface area contributed by atoms with Crippen LogP contribution in [0.2, 0.25) is 0 Å². The zero-order valence-electron chi connectivity index (χ0n) is 10.4. The first-order valence-electron chi connectivity index (χ1n) is 5.55. The quantitative estimate of drug-likeness (QED) is 0.658. The highest BCUT2D eigenvalue weighted by Gasteiger charge is 2.16. The summed E-state index contributed by atoms with van der Waals surface area (Å²) in [5.41, 5.74) is 0.476. The maximum atomic E-state index is 12.0. The van der Waals surface area contributed by atoms with E-state index in [-0.39, 0.29) is 17.1 Å². The van der Waals surface area contributed by atoms with Crippen LogP contribution in [-0.4, -0.2) is 18.5 Å². The minimum absolute atomic E-state index is 0.0415. The highest BCUT2D eigenvalue weighted by atomic mass is 32.2. The Morgan fingerprint density at radius 2 is 2.00 bits per heavy atom. The van der Waals surface area contributed by atoms with Gasteiger partial charge < -0.3 is 4.52 Å². The molecule has 8 nitrogen and oxygen atoms in total. The number of hydrogen-bond donors (Lipinski definition) is 1. The Morgan fingerprint density at radius 3 is 2.50 bits per heavy atom. The van der Waals surface area contributed by atoms with Gasteiger partial charge >= 0.3 is 0 Å². The third-order valence-electron chi connectivity index (χ3n) is 2.47. The van der Waals surface area contributed by atoms with Crippen LogP contribution in [0.3, 0.4) is 0 Å².